The molecular formula is C15H30IN3S. The molecule has 2 aliphatic rings. The van der Waals surface area contributed by atoms with Crippen molar-refractivity contribution in [2.24, 2.45) is 16.8 Å². The normalized spacial score (nSPS) is 23.7. The van der Waals surface area contributed by atoms with Gasteiger partial charge in [-0.05, 0) is 25.2 Å². The maximum Gasteiger partial charge on any atom is 0.193 e. The first kappa shape index (κ1) is 18.4. The van der Waals surface area contributed by atoms with Crippen molar-refractivity contribution < 1.29 is 0 Å². The molecule has 0 aromatic rings. The van der Waals surface area contributed by atoms with E-state index in [1.165, 1.54) is 25.0 Å². The van der Waals surface area contributed by atoms with Gasteiger partial charge in [-0.25, -0.2) is 0 Å². The Morgan fingerprint density at radius 2 is 2.15 bits per heavy atom. The minimum absolute atomic E-state index is 0. The molecule has 0 amide bonds. The predicted molar refractivity (Wildman–Crippen MR) is 101 cm³/mol. The maximum atomic E-state index is 4.83. The number of aliphatic imine (C=N–C) groups is 1. The fourth-order valence-electron chi connectivity index (χ4n) is 2.46. The lowest BCUT2D eigenvalue weighted by Crippen LogP contribution is -2.49. The van der Waals surface area contributed by atoms with Crippen LogP contribution in [0.4, 0.5) is 0 Å². The highest BCUT2D eigenvalue weighted by atomic mass is 127. The van der Waals surface area contributed by atoms with Crippen molar-refractivity contribution in [3.05, 3.63) is 0 Å². The average molecular weight is 411 g/mol. The van der Waals surface area contributed by atoms with Crippen LogP contribution < -0.4 is 5.32 Å². The lowest BCUT2D eigenvalue weighted by atomic mass is 10.1. The lowest BCUT2D eigenvalue weighted by Gasteiger charge is -2.36. The van der Waals surface area contributed by atoms with Gasteiger partial charge < -0.3 is 10.2 Å². The summed E-state index contributed by atoms with van der Waals surface area (Å²) in [4.78, 5) is 7.30. The molecule has 1 aliphatic carbocycles. The number of guanidine groups is 1. The van der Waals surface area contributed by atoms with Gasteiger partial charge in [-0.15, -0.1) is 24.0 Å². The summed E-state index contributed by atoms with van der Waals surface area (Å²) in [5, 5.41) is 4.22. The van der Waals surface area contributed by atoms with Crippen LogP contribution in [0.25, 0.3) is 0 Å². The number of halogens is 1. The molecule has 3 nitrogen and oxygen atoms in total. The van der Waals surface area contributed by atoms with Crippen LogP contribution >= 0.6 is 35.7 Å². The highest BCUT2D eigenvalue weighted by Gasteiger charge is 2.25. The van der Waals surface area contributed by atoms with E-state index in [9.17, 15) is 0 Å². The number of hydrogen-bond donors (Lipinski definition) is 1. The molecule has 0 aromatic carbocycles. The molecule has 1 aliphatic heterocycles. The summed E-state index contributed by atoms with van der Waals surface area (Å²) in [6.07, 6.45) is 4.15. The molecule has 0 radical (unpaired) electrons. The molecule has 0 aromatic heterocycles. The molecule has 20 heavy (non-hydrogen) atoms. The van der Waals surface area contributed by atoms with Gasteiger partial charge in [0.05, 0.1) is 0 Å². The summed E-state index contributed by atoms with van der Waals surface area (Å²) >= 11 is 2.12. The van der Waals surface area contributed by atoms with Crippen molar-refractivity contribution in [3.8, 4) is 0 Å². The van der Waals surface area contributed by atoms with Gasteiger partial charge in [0, 0.05) is 37.2 Å². The van der Waals surface area contributed by atoms with Crippen LogP contribution in [-0.2, 0) is 0 Å². The van der Waals surface area contributed by atoms with Gasteiger partial charge in [-0.1, -0.05) is 26.7 Å². The molecule has 2 fully saturated rings. The Kier molecular flexibility index (Phi) is 8.63. The third-order valence-corrected chi connectivity index (χ3v) is 5.51. The van der Waals surface area contributed by atoms with E-state index in [1.807, 2.05) is 0 Å². The molecule has 1 saturated carbocycles. The minimum Gasteiger partial charge on any atom is -0.357 e. The van der Waals surface area contributed by atoms with E-state index < -0.39 is 0 Å². The average Bonchev–Trinajstić information content (AvgIpc) is 3.22. The van der Waals surface area contributed by atoms with E-state index in [1.54, 1.807) is 0 Å². The third-order valence-electron chi connectivity index (χ3n) is 3.97. The van der Waals surface area contributed by atoms with Crippen molar-refractivity contribution in [2.45, 2.75) is 45.3 Å². The van der Waals surface area contributed by atoms with Gasteiger partial charge in [0.15, 0.2) is 5.96 Å². The summed E-state index contributed by atoms with van der Waals surface area (Å²) < 4.78 is 0. The summed E-state index contributed by atoms with van der Waals surface area (Å²) in [6, 6.07) is 0. The van der Waals surface area contributed by atoms with Gasteiger partial charge in [0.1, 0.15) is 0 Å². The molecule has 1 unspecified atom stereocenters. The highest BCUT2D eigenvalue weighted by molar-refractivity contribution is 14.0. The first-order valence-corrected chi connectivity index (χ1v) is 8.90. The molecule has 118 valence electrons. The summed E-state index contributed by atoms with van der Waals surface area (Å²) in [7, 11) is 0. The molecule has 5 heteroatoms. The Morgan fingerprint density at radius 3 is 2.75 bits per heavy atom. The number of nitrogens with one attached hydrogen (secondary N) is 1. The van der Waals surface area contributed by atoms with Crippen molar-refractivity contribution >= 4 is 41.7 Å². The smallest absolute Gasteiger partial charge is 0.193 e. The second-order valence-corrected chi connectivity index (χ2v) is 7.41. The van der Waals surface area contributed by atoms with Gasteiger partial charge in [-0.2, -0.15) is 11.8 Å². The molecule has 1 saturated heterocycles. The van der Waals surface area contributed by atoms with Crippen molar-refractivity contribution in [3.63, 3.8) is 0 Å². The largest absolute Gasteiger partial charge is 0.357 e. The number of hydrogen-bond acceptors (Lipinski definition) is 2. The van der Waals surface area contributed by atoms with Crippen molar-refractivity contribution in [1.82, 2.24) is 10.2 Å². The van der Waals surface area contributed by atoms with Crippen LogP contribution in [0, 0.1) is 11.8 Å². The summed E-state index contributed by atoms with van der Waals surface area (Å²) in [5.74, 6) is 4.11. The van der Waals surface area contributed by atoms with Crippen LogP contribution in [0.3, 0.4) is 0 Å². The molecule has 0 spiro atoms. The van der Waals surface area contributed by atoms with E-state index >= 15 is 0 Å². The number of nitrogens with zero attached hydrogens (tertiary/aromatic N) is 2. The SMILES string of the molecule is CCNC(=NCCC1CC1)N1CCSC(C(C)C)C1.I. The quantitative estimate of drug-likeness (QED) is 0.427. The number of thioether (sulfide) groups is 1. The zero-order valence-corrected chi connectivity index (χ0v) is 16.2. The zero-order valence-electron chi connectivity index (χ0n) is 13.1. The molecule has 1 atom stereocenters. The number of rotatable bonds is 5. The topological polar surface area (TPSA) is 27.6 Å². The van der Waals surface area contributed by atoms with Crippen LogP contribution in [0.2, 0.25) is 0 Å². The Hall–Kier alpha value is 0.350. The highest BCUT2D eigenvalue weighted by Crippen LogP contribution is 2.32. The maximum absolute atomic E-state index is 4.83. The third kappa shape index (κ3) is 6.00. The Bertz CT molecular complexity index is 305. The molecule has 0 bridgehead atoms. The Balaban J connectivity index is 0.00000200. The molecule has 1 heterocycles. The lowest BCUT2D eigenvalue weighted by molar-refractivity contribution is 0.380. The molecular weight excluding hydrogens is 381 g/mol. The summed E-state index contributed by atoms with van der Waals surface area (Å²) in [6.45, 7) is 11.1. The van der Waals surface area contributed by atoms with Gasteiger partial charge >= 0.3 is 0 Å². The Morgan fingerprint density at radius 1 is 1.40 bits per heavy atom. The van der Waals surface area contributed by atoms with Gasteiger partial charge in [0.2, 0.25) is 0 Å². The zero-order chi connectivity index (χ0) is 13.7. The standard InChI is InChI=1S/C15H29N3S.HI/c1-4-16-15(17-8-7-13-5-6-13)18-9-10-19-14(11-18)12(2)3;/h12-14H,4-11H2,1-3H3,(H,16,17);1H. The van der Waals surface area contributed by atoms with Crippen LogP contribution in [0.5, 0.6) is 0 Å². The Labute approximate surface area is 145 Å². The van der Waals surface area contributed by atoms with Crippen molar-refractivity contribution in [2.75, 3.05) is 31.9 Å². The van der Waals surface area contributed by atoms with Gasteiger partial charge in [-0.3, -0.25) is 4.99 Å². The van der Waals surface area contributed by atoms with Crippen LogP contribution in [0.1, 0.15) is 40.0 Å². The van der Waals surface area contributed by atoms with E-state index in [0.717, 1.165) is 49.2 Å². The van der Waals surface area contributed by atoms with Gasteiger partial charge in [0.25, 0.3) is 0 Å². The van der Waals surface area contributed by atoms with E-state index in [-0.39, 0.29) is 24.0 Å². The van der Waals surface area contributed by atoms with E-state index in [4.69, 9.17) is 4.99 Å². The summed E-state index contributed by atoms with van der Waals surface area (Å²) in [5.41, 5.74) is 0. The van der Waals surface area contributed by atoms with Crippen molar-refractivity contribution in [1.29, 1.82) is 0 Å². The first-order chi connectivity index (χ1) is 9.20. The second kappa shape index (κ2) is 9.38. The van der Waals surface area contributed by atoms with Crippen LogP contribution in [0.15, 0.2) is 4.99 Å². The predicted octanol–water partition coefficient (Wildman–Crippen LogP) is 3.44. The molecule has 1 N–H and O–H groups in total. The minimum atomic E-state index is 0. The molecule has 2 rings (SSSR count). The van der Waals surface area contributed by atoms with E-state index in [0.29, 0.717) is 0 Å². The van der Waals surface area contributed by atoms with Crippen LogP contribution in [-0.4, -0.2) is 48.0 Å². The first-order valence-electron chi connectivity index (χ1n) is 7.85. The monoisotopic (exact) mass is 411 g/mol. The second-order valence-electron chi connectivity index (χ2n) is 6.07. The van der Waals surface area contributed by atoms with E-state index in [2.05, 4.69) is 42.7 Å². The fourth-order valence-corrected chi connectivity index (χ4v) is 3.76. The fraction of sp³-hybridized carbons (Fsp3) is 0.933.